The van der Waals surface area contributed by atoms with Crippen molar-refractivity contribution in [2.24, 2.45) is 0 Å². The zero-order valence-electron chi connectivity index (χ0n) is 18.5. The second-order valence-electron chi connectivity index (χ2n) is 8.17. The zero-order valence-corrected chi connectivity index (χ0v) is 20.2. The average molecular weight is 461 g/mol. The normalized spacial score (nSPS) is 12.6. The molecule has 4 aromatic carbocycles. The Kier molecular flexibility index (Phi) is 6.99. The fraction of sp³-hybridized carbons (Fsp3) is 0.172. The number of para-hydroxylation sites is 1. The molecular weight excluding hydrogens is 431 g/mol. The molecule has 0 bridgehead atoms. The molecule has 0 atom stereocenters. The molecule has 0 fully saturated rings. The topological polar surface area (TPSA) is 9.23 Å². The number of halogens is 1. The van der Waals surface area contributed by atoms with Gasteiger partial charge in [-0.1, -0.05) is 0 Å². The van der Waals surface area contributed by atoms with Gasteiger partial charge in [-0.05, 0) is 0 Å². The van der Waals surface area contributed by atoms with Crippen LogP contribution in [-0.2, 0) is 6.16 Å². The van der Waals surface area contributed by atoms with Gasteiger partial charge in [0, 0.05) is 0 Å². The quantitative estimate of drug-likeness (QED) is 0.192. The molecule has 0 radical (unpaired) electrons. The average Bonchev–Trinajstić information content (AvgIpc) is 2.86. The van der Waals surface area contributed by atoms with E-state index in [1.54, 1.807) is 0 Å². The molecule has 0 N–H and O–H groups in total. The molecule has 0 aliphatic heterocycles. The van der Waals surface area contributed by atoms with Crippen molar-refractivity contribution in [3.05, 3.63) is 121 Å². The predicted octanol–water partition coefficient (Wildman–Crippen LogP) is 7.05. The molecule has 0 aliphatic rings. The number of ether oxygens (including phenoxy) is 1. The van der Waals surface area contributed by atoms with Crippen molar-refractivity contribution in [2.45, 2.75) is 25.9 Å². The fourth-order valence-corrected chi connectivity index (χ4v) is 10.8. The van der Waals surface area contributed by atoms with E-state index in [-0.39, 0.29) is 0 Å². The summed E-state index contributed by atoms with van der Waals surface area (Å²) in [5, 5.41) is 3.40. The van der Waals surface area contributed by atoms with Crippen molar-refractivity contribution in [1.29, 1.82) is 0 Å². The van der Waals surface area contributed by atoms with E-state index in [1.807, 2.05) is 6.07 Å². The van der Waals surface area contributed by atoms with Gasteiger partial charge in [0.15, 0.2) is 0 Å². The molecule has 4 rings (SSSR count). The van der Waals surface area contributed by atoms with Crippen LogP contribution in [0.1, 0.15) is 25.3 Å². The van der Waals surface area contributed by atoms with E-state index in [0.717, 1.165) is 40.7 Å². The second kappa shape index (κ2) is 9.90. The maximum atomic E-state index is 8.28. The first-order valence-corrected chi connectivity index (χ1v) is 14.6. The summed E-state index contributed by atoms with van der Waals surface area (Å²) in [6.07, 6.45) is 2.83. The molecule has 0 aromatic heterocycles. The Bertz CT molecular complexity index is 1090. The summed E-state index contributed by atoms with van der Waals surface area (Å²) in [7, 11) is 0. The molecule has 164 valence electrons. The SMILES string of the molecule is CCCCOc1ccccc1P(Cl)(Cc1ccccc1)(c1ccccc1)c1ccccc1. The van der Waals surface area contributed by atoms with Gasteiger partial charge in [-0.2, -0.15) is 0 Å². The zero-order chi connectivity index (χ0) is 22.3. The Balaban J connectivity index is 2.05. The summed E-state index contributed by atoms with van der Waals surface area (Å²) >= 11 is 8.28. The van der Waals surface area contributed by atoms with Crippen LogP contribution in [0.15, 0.2) is 115 Å². The summed E-state index contributed by atoms with van der Waals surface area (Å²) in [6.45, 7) is 2.87. The first kappa shape index (κ1) is 22.6. The molecule has 3 heteroatoms. The Hall–Kier alpha value is -2.60. The second-order valence-corrected chi connectivity index (χ2v) is 14.6. The molecule has 32 heavy (non-hydrogen) atoms. The van der Waals surface area contributed by atoms with Crippen LogP contribution >= 0.6 is 17.2 Å². The van der Waals surface area contributed by atoms with Gasteiger partial charge in [-0.15, -0.1) is 0 Å². The van der Waals surface area contributed by atoms with Gasteiger partial charge in [-0.3, -0.25) is 0 Å². The molecule has 0 saturated heterocycles. The third-order valence-corrected chi connectivity index (χ3v) is 13.2. The van der Waals surface area contributed by atoms with Gasteiger partial charge in [0.05, 0.1) is 0 Å². The summed E-state index contributed by atoms with van der Waals surface area (Å²) in [5.74, 6) is -2.56. The number of rotatable bonds is 9. The van der Waals surface area contributed by atoms with Crippen molar-refractivity contribution in [1.82, 2.24) is 0 Å². The predicted molar refractivity (Wildman–Crippen MR) is 142 cm³/mol. The van der Waals surface area contributed by atoms with Crippen LogP contribution < -0.4 is 20.7 Å². The summed E-state index contributed by atoms with van der Waals surface area (Å²) in [6, 6.07) is 40.2. The van der Waals surface area contributed by atoms with Crippen LogP contribution in [0.3, 0.4) is 0 Å². The summed E-state index contributed by atoms with van der Waals surface area (Å²) < 4.78 is 6.38. The van der Waals surface area contributed by atoms with Gasteiger partial charge in [-0.25, -0.2) is 0 Å². The molecule has 0 amide bonds. The first-order valence-electron chi connectivity index (χ1n) is 11.3. The van der Waals surface area contributed by atoms with Crippen molar-refractivity contribution >= 4 is 33.1 Å². The Morgan fingerprint density at radius 2 is 1.16 bits per heavy atom. The molecule has 0 heterocycles. The van der Waals surface area contributed by atoms with Crippen molar-refractivity contribution in [3.8, 4) is 5.75 Å². The summed E-state index contributed by atoms with van der Waals surface area (Å²) in [5.41, 5.74) is 1.22. The van der Waals surface area contributed by atoms with Crippen LogP contribution in [0.2, 0.25) is 0 Å². The molecule has 0 aliphatic carbocycles. The van der Waals surface area contributed by atoms with Crippen molar-refractivity contribution in [2.75, 3.05) is 6.61 Å². The van der Waals surface area contributed by atoms with Crippen LogP contribution in [0.25, 0.3) is 0 Å². The van der Waals surface area contributed by atoms with Gasteiger partial charge in [0.25, 0.3) is 0 Å². The number of benzene rings is 4. The number of hydrogen-bond donors (Lipinski definition) is 0. The van der Waals surface area contributed by atoms with Crippen molar-refractivity contribution in [3.63, 3.8) is 0 Å². The van der Waals surface area contributed by atoms with E-state index in [1.165, 1.54) is 5.56 Å². The van der Waals surface area contributed by atoms with Gasteiger partial charge >= 0.3 is 197 Å². The first-order chi connectivity index (χ1) is 15.7. The number of unbranched alkanes of at least 4 members (excludes halogenated alkanes) is 1. The third kappa shape index (κ3) is 4.20. The van der Waals surface area contributed by atoms with Crippen LogP contribution in [0, 0.1) is 0 Å². The van der Waals surface area contributed by atoms with Crippen LogP contribution in [-0.4, -0.2) is 6.61 Å². The molecule has 0 spiro atoms. The fourth-order valence-electron chi connectivity index (χ4n) is 4.39. The molecule has 0 saturated carbocycles. The van der Waals surface area contributed by atoms with E-state index in [0.29, 0.717) is 6.61 Å². The minimum atomic E-state index is -3.44. The third-order valence-electron chi connectivity index (χ3n) is 6.03. The Labute approximate surface area is 196 Å². The van der Waals surface area contributed by atoms with Crippen molar-refractivity contribution < 1.29 is 4.74 Å². The van der Waals surface area contributed by atoms with E-state index >= 15 is 0 Å². The number of hydrogen-bond acceptors (Lipinski definition) is 1. The minimum absolute atomic E-state index is 0.686. The van der Waals surface area contributed by atoms with E-state index in [9.17, 15) is 0 Å². The summed E-state index contributed by atoms with van der Waals surface area (Å²) in [4.78, 5) is 0. The van der Waals surface area contributed by atoms with Gasteiger partial charge in [0.2, 0.25) is 0 Å². The molecule has 0 unspecified atom stereocenters. The van der Waals surface area contributed by atoms with Gasteiger partial charge in [0.1, 0.15) is 0 Å². The molecule has 1 nitrogen and oxygen atoms in total. The van der Waals surface area contributed by atoms with E-state index in [2.05, 4.69) is 116 Å². The molecular formula is C29H30ClOP. The molecule has 4 aromatic rings. The van der Waals surface area contributed by atoms with Crippen LogP contribution in [0.5, 0.6) is 5.75 Å². The van der Waals surface area contributed by atoms with Gasteiger partial charge < -0.3 is 0 Å². The Morgan fingerprint density at radius 3 is 1.72 bits per heavy atom. The van der Waals surface area contributed by atoms with E-state index < -0.39 is 5.96 Å². The van der Waals surface area contributed by atoms with Crippen LogP contribution in [0.4, 0.5) is 0 Å². The Morgan fingerprint density at radius 1 is 0.656 bits per heavy atom. The standard InChI is InChI=1S/C29H30ClOP/c1-2-3-23-31-28-21-13-14-22-29(28)32(30,26-17-9-5-10-18-26,27-19-11-6-12-20-27)24-25-15-7-4-8-16-25/h4-22H,2-3,23-24H2,1H3. The monoisotopic (exact) mass is 460 g/mol. The maximum absolute atomic E-state index is 8.28. The van der Waals surface area contributed by atoms with E-state index in [4.69, 9.17) is 16.0 Å².